The van der Waals surface area contributed by atoms with E-state index in [-0.39, 0.29) is 55.8 Å². The summed E-state index contributed by atoms with van der Waals surface area (Å²) in [6.45, 7) is 2.54. The van der Waals surface area contributed by atoms with Crippen LogP contribution in [0.1, 0.15) is 33.9 Å². The Bertz CT molecular complexity index is 1970. The van der Waals surface area contributed by atoms with Gasteiger partial charge in [0.15, 0.2) is 0 Å². The van der Waals surface area contributed by atoms with Gasteiger partial charge in [-0.25, -0.2) is 13.8 Å². The third-order valence-electron chi connectivity index (χ3n) is 7.25. The fourth-order valence-corrected chi connectivity index (χ4v) is 5.78. The number of aryl methyl sites for hydroxylation is 1. The molecule has 6 N–H and O–H groups in total. The summed E-state index contributed by atoms with van der Waals surface area (Å²) < 4.78 is 114. The van der Waals surface area contributed by atoms with Crippen LogP contribution in [0.3, 0.4) is 0 Å². The van der Waals surface area contributed by atoms with E-state index in [9.17, 15) is 35.1 Å². The molecule has 45 heavy (non-hydrogen) atoms. The lowest BCUT2D eigenvalue weighted by molar-refractivity contribution is -0.140. The van der Waals surface area contributed by atoms with Gasteiger partial charge in [-0.1, -0.05) is 18.2 Å². The van der Waals surface area contributed by atoms with Gasteiger partial charge in [-0.15, -0.1) is 0 Å². The summed E-state index contributed by atoms with van der Waals surface area (Å²) in [5.74, 6) is 2.74. The Morgan fingerprint density at radius 2 is 1.78 bits per heavy atom. The zero-order valence-corrected chi connectivity index (χ0v) is 24.1. The van der Waals surface area contributed by atoms with Crippen molar-refractivity contribution in [3.05, 3.63) is 93.1 Å². The lowest BCUT2D eigenvalue weighted by atomic mass is 9.95. The molecule has 0 bridgehead atoms. The highest BCUT2D eigenvalue weighted by molar-refractivity contribution is 6.31. The van der Waals surface area contributed by atoms with Crippen molar-refractivity contribution in [3.8, 4) is 0 Å². The normalized spacial score (nSPS) is 16.0. The first kappa shape index (κ1) is 31.8. The molecule has 4 aromatic rings. The van der Waals surface area contributed by atoms with E-state index < -0.39 is 59.2 Å². The van der Waals surface area contributed by atoms with Gasteiger partial charge in [0.2, 0.25) is 5.62 Å². The van der Waals surface area contributed by atoms with E-state index in [0.717, 1.165) is 16.7 Å². The Morgan fingerprint density at radius 1 is 1.09 bits per heavy atom. The second-order valence-electron chi connectivity index (χ2n) is 10.1. The number of anilines is 1. The highest BCUT2D eigenvalue weighted by Crippen LogP contribution is 2.47. The summed E-state index contributed by atoms with van der Waals surface area (Å²) >= 11 is 6.42. The number of hydrogen-bond donors (Lipinski definition) is 4. The Morgan fingerprint density at radius 3 is 2.38 bits per heavy atom. The van der Waals surface area contributed by atoms with Gasteiger partial charge in [0.25, 0.3) is 0 Å². The topological polar surface area (TPSA) is 111 Å². The number of hydrazine groups is 1. The minimum atomic E-state index is -5.05. The van der Waals surface area contributed by atoms with Crippen LogP contribution in [0.25, 0.3) is 16.7 Å². The predicted molar refractivity (Wildman–Crippen MR) is 153 cm³/mol. The lowest BCUT2D eigenvalue weighted by Gasteiger charge is -2.19. The van der Waals surface area contributed by atoms with Crippen LogP contribution in [0.5, 0.6) is 0 Å². The van der Waals surface area contributed by atoms with E-state index in [1.165, 1.54) is 30.8 Å². The highest BCUT2D eigenvalue weighted by atomic mass is 35.5. The molecular formula is C28H23ClF8N8. The van der Waals surface area contributed by atoms with Gasteiger partial charge in [0, 0.05) is 47.1 Å². The SMILES string of the molecule is C=C1NC(c2cc(F)ccc2Cl)c2c(N=C(N)c3cc(F)cc(C(F)(F)F)c3NN)cc3c(c21)n(C)c(=NC)n3CC(F)(F)F. The summed E-state index contributed by atoms with van der Waals surface area (Å²) in [5, 5.41) is 3.17. The molecule has 17 heteroatoms. The molecule has 1 aromatic heterocycles. The average molecular weight is 659 g/mol. The second kappa shape index (κ2) is 11.1. The molecular weight excluding hydrogens is 636 g/mol. The van der Waals surface area contributed by atoms with Crippen LogP contribution in [-0.4, -0.2) is 28.2 Å². The molecule has 0 amide bonds. The molecule has 0 spiro atoms. The molecule has 0 aliphatic carbocycles. The largest absolute Gasteiger partial charge is 0.418 e. The van der Waals surface area contributed by atoms with Gasteiger partial charge in [0.1, 0.15) is 24.0 Å². The predicted octanol–water partition coefficient (Wildman–Crippen LogP) is 6.01. The number of fused-ring (bicyclic) bond motifs is 3. The molecule has 0 radical (unpaired) electrons. The summed E-state index contributed by atoms with van der Waals surface area (Å²) in [6.07, 6.45) is -9.74. The van der Waals surface area contributed by atoms with Crippen molar-refractivity contribution in [2.75, 3.05) is 12.5 Å². The molecule has 2 heterocycles. The monoisotopic (exact) mass is 658 g/mol. The molecule has 238 valence electrons. The van der Waals surface area contributed by atoms with Gasteiger partial charge in [-0.05, 0) is 36.4 Å². The van der Waals surface area contributed by atoms with Crippen LogP contribution in [0.15, 0.2) is 53.0 Å². The average Bonchev–Trinajstić information content (AvgIpc) is 3.41. The first-order valence-corrected chi connectivity index (χ1v) is 13.2. The molecule has 1 aliphatic heterocycles. The highest BCUT2D eigenvalue weighted by Gasteiger charge is 2.38. The van der Waals surface area contributed by atoms with E-state index in [2.05, 4.69) is 21.9 Å². The quantitative estimate of drug-likeness (QED) is 0.0692. The van der Waals surface area contributed by atoms with Crippen molar-refractivity contribution in [2.45, 2.75) is 24.9 Å². The fourth-order valence-electron chi connectivity index (χ4n) is 5.56. The smallest absolute Gasteiger partial charge is 0.383 e. The molecule has 0 saturated carbocycles. The maximum atomic E-state index is 14.4. The minimum Gasteiger partial charge on any atom is -0.383 e. The number of aromatic nitrogens is 2. The van der Waals surface area contributed by atoms with E-state index in [1.807, 2.05) is 5.43 Å². The third-order valence-corrected chi connectivity index (χ3v) is 7.60. The van der Waals surface area contributed by atoms with Gasteiger partial charge in [-0.2, -0.15) is 26.3 Å². The molecule has 8 nitrogen and oxygen atoms in total. The Balaban J connectivity index is 1.91. The number of rotatable bonds is 5. The maximum absolute atomic E-state index is 14.4. The summed E-state index contributed by atoms with van der Waals surface area (Å²) in [5.41, 5.74) is 5.98. The molecule has 3 aromatic carbocycles. The van der Waals surface area contributed by atoms with E-state index in [0.29, 0.717) is 6.07 Å². The first-order chi connectivity index (χ1) is 21.0. The number of amidine groups is 1. The van der Waals surface area contributed by atoms with Crippen LogP contribution in [0.2, 0.25) is 5.02 Å². The van der Waals surface area contributed by atoms with Gasteiger partial charge < -0.3 is 25.6 Å². The fraction of sp³-hybridized carbons (Fsp3) is 0.214. The standard InChI is InChI=1S/C28H23ClF8N8/c1-11-20-21(23(41-11)14-6-12(30)4-5-17(14)29)18(9-19-24(20)44(3)26(40-2)45(19)10-27(32,33)34)42-25(38)15-7-13(31)8-16(22(15)43-39)28(35,36)37/h4-9,23,41,43H,1,10,39H2,2-3H3,(H2,38,42). The molecule has 5 rings (SSSR count). The summed E-state index contributed by atoms with van der Waals surface area (Å²) in [6, 6.07) is 4.65. The molecule has 1 unspecified atom stereocenters. The van der Waals surface area contributed by atoms with Crippen LogP contribution in [0, 0.1) is 11.6 Å². The molecule has 0 fully saturated rings. The van der Waals surface area contributed by atoms with E-state index in [4.69, 9.17) is 23.2 Å². The number of nitrogens with two attached hydrogens (primary N) is 2. The van der Waals surface area contributed by atoms with Crippen LogP contribution in [0.4, 0.5) is 46.5 Å². The van der Waals surface area contributed by atoms with Crippen molar-refractivity contribution in [3.63, 3.8) is 0 Å². The lowest BCUT2D eigenvalue weighted by Crippen LogP contribution is -2.30. The van der Waals surface area contributed by atoms with Crippen molar-refractivity contribution in [2.24, 2.45) is 28.6 Å². The van der Waals surface area contributed by atoms with Crippen molar-refractivity contribution < 1.29 is 35.1 Å². The number of nitrogens with one attached hydrogen (secondary N) is 2. The second-order valence-corrected chi connectivity index (χ2v) is 10.5. The maximum Gasteiger partial charge on any atom is 0.418 e. The summed E-state index contributed by atoms with van der Waals surface area (Å²) in [4.78, 5) is 8.32. The van der Waals surface area contributed by atoms with Gasteiger partial charge >= 0.3 is 12.4 Å². The van der Waals surface area contributed by atoms with Crippen LogP contribution < -0.4 is 27.9 Å². The molecule has 1 aliphatic rings. The Labute approximate surface area is 254 Å². The van der Waals surface area contributed by atoms with Crippen LogP contribution in [-0.2, 0) is 19.8 Å². The molecule has 0 saturated heterocycles. The molecule has 1 atom stereocenters. The number of benzene rings is 3. The van der Waals surface area contributed by atoms with Crippen molar-refractivity contribution in [1.82, 2.24) is 14.5 Å². The number of aliphatic imine (C=N–C) groups is 1. The van der Waals surface area contributed by atoms with E-state index in [1.54, 1.807) is 0 Å². The number of alkyl halides is 6. The van der Waals surface area contributed by atoms with Gasteiger partial charge in [0.05, 0.1) is 34.0 Å². The van der Waals surface area contributed by atoms with Crippen molar-refractivity contribution in [1.29, 1.82) is 0 Å². The summed E-state index contributed by atoms with van der Waals surface area (Å²) in [7, 11) is 2.78. The number of hydrogen-bond acceptors (Lipinski definition) is 5. The van der Waals surface area contributed by atoms with Crippen molar-refractivity contribution >= 4 is 45.5 Å². The number of nitrogen functional groups attached to an aromatic ring is 1. The zero-order chi connectivity index (χ0) is 33.2. The first-order valence-electron chi connectivity index (χ1n) is 12.8. The zero-order valence-electron chi connectivity index (χ0n) is 23.3. The number of nitrogens with zero attached hydrogens (tertiary/aromatic N) is 4. The Kier molecular flexibility index (Phi) is 7.85. The number of halogens is 9. The van der Waals surface area contributed by atoms with Gasteiger partial charge in [-0.3, -0.25) is 10.8 Å². The number of imidazole rings is 1. The minimum absolute atomic E-state index is 0.0398. The Hall–Kier alpha value is -4.57. The third kappa shape index (κ3) is 5.59. The van der Waals surface area contributed by atoms with Crippen LogP contribution >= 0.6 is 11.6 Å². The van der Waals surface area contributed by atoms with E-state index >= 15 is 0 Å².